The number of rotatable bonds is 10. The van der Waals surface area contributed by atoms with Crippen molar-refractivity contribution in [2.24, 2.45) is 0 Å². The molecule has 0 radical (unpaired) electrons. The highest BCUT2D eigenvalue weighted by Crippen LogP contribution is 2.15. The average Bonchev–Trinajstić information content (AvgIpc) is 2.76. The summed E-state index contributed by atoms with van der Waals surface area (Å²) in [5, 5.41) is 16.5. The van der Waals surface area contributed by atoms with E-state index in [1.807, 2.05) is 32.9 Å². The number of likely N-dealkylation sites (N-methyl/N-ethyl adjacent to an activating group) is 1. The SMILES string of the molecule is CCN(CC)CCNC(=O)/C(=C/c1cccc([N+](=O)[O-])c1)NC(=O)c1ccc(C)cc1. The average molecular weight is 425 g/mol. The summed E-state index contributed by atoms with van der Waals surface area (Å²) >= 11 is 0. The Bertz CT molecular complexity index is 950. The first kappa shape index (κ1) is 23.8. The van der Waals surface area contributed by atoms with Crippen LogP contribution < -0.4 is 10.6 Å². The molecule has 0 aliphatic carbocycles. The highest BCUT2D eigenvalue weighted by Gasteiger charge is 2.15. The van der Waals surface area contributed by atoms with Gasteiger partial charge in [-0.05, 0) is 43.8 Å². The van der Waals surface area contributed by atoms with Crippen LogP contribution in [0.4, 0.5) is 5.69 Å². The fourth-order valence-corrected chi connectivity index (χ4v) is 2.92. The third-order valence-corrected chi connectivity index (χ3v) is 4.81. The maximum atomic E-state index is 12.8. The zero-order chi connectivity index (χ0) is 22.8. The maximum Gasteiger partial charge on any atom is 0.270 e. The number of amides is 2. The van der Waals surface area contributed by atoms with Gasteiger partial charge in [0.25, 0.3) is 17.5 Å². The first-order valence-corrected chi connectivity index (χ1v) is 10.2. The van der Waals surface area contributed by atoms with E-state index in [1.165, 1.54) is 24.3 Å². The Hall–Kier alpha value is -3.52. The van der Waals surface area contributed by atoms with Gasteiger partial charge < -0.3 is 15.5 Å². The van der Waals surface area contributed by atoms with E-state index in [0.717, 1.165) is 18.7 Å². The third-order valence-electron chi connectivity index (χ3n) is 4.81. The molecule has 0 bridgehead atoms. The van der Waals surface area contributed by atoms with E-state index in [1.54, 1.807) is 18.2 Å². The standard InChI is InChI=1S/C23H28N4O4/c1-4-26(5-2)14-13-24-23(29)21(16-18-7-6-8-20(15-18)27(30)31)25-22(28)19-11-9-17(3)10-12-19/h6-12,15-16H,4-5,13-14H2,1-3H3,(H,24,29)(H,25,28)/b21-16-. The summed E-state index contributed by atoms with van der Waals surface area (Å²) in [6.07, 6.45) is 1.44. The molecule has 2 aromatic carbocycles. The molecule has 0 fully saturated rings. The number of nitro groups is 1. The molecule has 164 valence electrons. The van der Waals surface area contributed by atoms with Gasteiger partial charge in [0.1, 0.15) is 5.70 Å². The predicted octanol–water partition coefficient (Wildman–Crippen LogP) is 3.13. The smallest absolute Gasteiger partial charge is 0.270 e. The minimum Gasteiger partial charge on any atom is -0.349 e. The molecule has 2 aromatic rings. The van der Waals surface area contributed by atoms with Crippen LogP contribution in [0, 0.1) is 17.0 Å². The molecule has 0 spiro atoms. The van der Waals surface area contributed by atoms with Crippen molar-refractivity contribution in [3.63, 3.8) is 0 Å². The van der Waals surface area contributed by atoms with Crippen molar-refractivity contribution in [1.82, 2.24) is 15.5 Å². The molecule has 0 heterocycles. The maximum absolute atomic E-state index is 12.8. The summed E-state index contributed by atoms with van der Waals surface area (Å²) in [6.45, 7) is 8.82. The summed E-state index contributed by atoms with van der Waals surface area (Å²) in [6, 6.07) is 12.8. The monoisotopic (exact) mass is 424 g/mol. The number of hydrogen-bond donors (Lipinski definition) is 2. The van der Waals surface area contributed by atoms with Gasteiger partial charge in [0.15, 0.2) is 0 Å². The normalized spacial score (nSPS) is 11.3. The second-order valence-corrected chi connectivity index (χ2v) is 7.01. The zero-order valence-corrected chi connectivity index (χ0v) is 18.1. The van der Waals surface area contributed by atoms with Gasteiger partial charge in [0.05, 0.1) is 4.92 Å². The lowest BCUT2D eigenvalue weighted by atomic mass is 10.1. The van der Waals surface area contributed by atoms with E-state index in [0.29, 0.717) is 24.2 Å². The third kappa shape index (κ3) is 7.35. The van der Waals surface area contributed by atoms with Gasteiger partial charge in [0, 0.05) is 30.8 Å². The summed E-state index contributed by atoms with van der Waals surface area (Å²) in [4.78, 5) is 38.2. The Morgan fingerprint density at radius 1 is 1.10 bits per heavy atom. The van der Waals surface area contributed by atoms with Gasteiger partial charge in [0.2, 0.25) is 0 Å². The number of carbonyl (C=O) groups is 2. The zero-order valence-electron chi connectivity index (χ0n) is 18.1. The van der Waals surface area contributed by atoms with Crippen molar-refractivity contribution in [3.05, 3.63) is 81.0 Å². The van der Waals surface area contributed by atoms with Crippen LogP contribution in [0.3, 0.4) is 0 Å². The predicted molar refractivity (Wildman–Crippen MR) is 121 cm³/mol. The van der Waals surface area contributed by atoms with Crippen molar-refractivity contribution in [3.8, 4) is 0 Å². The van der Waals surface area contributed by atoms with E-state index >= 15 is 0 Å². The minimum atomic E-state index is -0.508. The molecular weight excluding hydrogens is 396 g/mol. The first-order chi connectivity index (χ1) is 14.8. The van der Waals surface area contributed by atoms with Crippen molar-refractivity contribution >= 4 is 23.6 Å². The van der Waals surface area contributed by atoms with Crippen LogP contribution >= 0.6 is 0 Å². The first-order valence-electron chi connectivity index (χ1n) is 10.2. The van der Waals surface area contributed by atoms with Crippen molar-refractivity contribution in [2.45, 2.75) is 20.8 Å². The Balaban J connectivity index is 2.24. The largest absolute Gasteiger partial charge is 0.349 e. The fourth-order valence-electron chi connectivity index (χ4n) is 2.92. The number of nitrogens with one attached hydrogen (secondary N) is 2. The van der Waals surface area contributed by atoms with Gasteiger partial charge in [-0.3, -0.25) is 19.7 Å². The number of benzene rings is 2. The number of nitrogens with zero attached hydrogens (tertiary/aromatic N) is 2. The molecule has 0 saturated carbocycles. The van der Waals surface area contributed by atoms with E-state index in [-0.39, 0.29) is 11.4 Å². The highest BCUT2D eigenvalue weighted by atomic mass is 16.6. The summed E-state index contributed by atoms with van der Waals surface area (Å²) in [5.74, 6) is -0.894. The minimum absolute atomic E-state index is 0.0191. The van der Waals surface area contributed by atoms with E-state index < -0.39 is 16.7 Å². The number of hydrogen-bond acceptors (Lipinski definition) is 5. The number of nitro benzene ring substituents is 1. The second-order valence-electron chi connectivity index (χ2n) is 7.01. The lowest BCUT2D eigenvalue weighted by molar-refractivity contribution is -0.384. The topological polar surface area (TPSA) is 105 Å². The summed E-state index contributed by atoms with van der Waals surface area (Å²) < 4.78 is 0. The van der Waals surface area contributed by atoms with Gasteiger partial charge in [-0.25, -0.2) is 0 Å². The molecule has 0 aliphatic heterocycles. The van der Waals surface area contributed by atoms with Crippen molar-refractivity contribution in [2.75, 3.05) is 26.2 Å². The summed E-state index contributed by atoms with van der Waals surface area (Å²) in [7, 11) is 0. The van der Waals surface area contributed by atoms with Crippen LogP contribution in [0.25, 0.3) is 6.08 Å². The Morgan fingerprint density at radius 2 is 1.77 bits per heavy atom. The van der Waals surface area contributed by atoms with Gasteiger partial charge in [-0.15, -0.1) is 0 Å². The molecule has 2 rings (SSSR count). The van der Waals surface area contributed by atoms with Crippen LogP contribution in [-0.4, -0.2) is 47.8 Å². The molecule has 0 unspecified atom stereocenters. The molecule has 8 heteroatoms. The Labute approximate surface area is 182 Å². The Morgan fingerprint density at radius 3 is 2.39 bits per heavy atom. The van der Waals surface area contributed by atoms with Gasteiger partial charge >= 0.3 is 0 Å². The summed E-state index contributed by atoms with van der Waals surface area (Å²) in [5.41, 5.74) is 1.78. The molecular formula is C23H28N4O4. The number of carbonyl (C=O) groups excluding carboxylic acids is 2. The number of non-ortho nitro benzene ring substituents is 1. The van der Waals surface area contributed by atoms with Crippen LogP contribution in [0.2, 0.25) is 0 Å². The number of aryl methyl sites for hydroxylation is 1. The van der Waals surface area contributed by atoms with Gasteiger partial charge in [-0.1, -0.05) is 43.7 Å². The highest BCUT2D eigenvalue weighted by molar-refractivity contribution is 6.05. The van der Waals surface area contributed by atoms with Crippen molar-refractivity contribution in [1.29, 1.82) is 0 Å². The molecule has 2 amide bonds. The lowest BCUT2D eigenvalue weighted by Crippen LogP contribution is -2.39. The second kappa shape index (κ2) is 11.6. The van der Waals surface area contributed by atoms with Crippen LogP contribution in [-0.2, 0) is 4.79 Å². The van der Waals surface area contributed by atoms with E-state index in [4.69, 9.17) is 0 Å². The molecule has 0 aliphatic rings. The van der Waals surface area contributed by atoms with E-state index in [2.05, 4.69) is 15.5 Å². The quantitative estimate of drug-likeness (QED) is 0.346. The Kier molecular flexibility index (Phi) is 8.90. The lowest BCUT2D eigenvalue weighted by Gasteiger charge is -2.18. The molecule has 0 saturated heterocycles. The molecule has 2 N–H and O–H groups in total. The molecule has 0 aromatic heterocycles. The van der Waals surface area contributed by atoms with Crippen LogP contribution in [0.5, 0.6) is 0 Å². The van der Waals surface area contributed by atoms with Crippen molar-refractivity contribution < 1.29 is 14.5 Å². The molecule has 31 heavy (non-hydrogen) atoms. The van der Waals surface area contributed by atoms with Gasteiger partial charge in [-0.2, -0.15) is 0 Å². The van der Waals surface area contributed by atoms with Crippen LogP contribution in [0.1, 0.15) is 35.3 Å². The molecule has 8 nitrogen and oxygen atoms in total. The fraction of sp³-hybridized carbons (Fsp3) is 0.304. The van der Waals surface area contributed by atoms with E-state index in [9.17, 15) is 19.7 Å². The molecule has 0 atom stereocenters. The van der Waals surface area contributed by atoms with Crippen LogP contribution in [0.15, 0.2) is 54.2 Å².